The van der Waals surface area contributed by atoms with Crippen LogP contribution in [0.3, 0.4) is 0 Å². The SMILES string of the molecule is O=S(=O)(c1ccc(-c2nnc(SCCN3CCOCC3)n2-c2ccccc2)cc1)N1CCOCC1. The normalized spacial score (nSPS) is 18.1. The number of benzene rings is 2. The summed E-state index contributed by atoms with van der Waals surface area (Å²) in [6, 6.07) is 16.9. The fourth-order valence-corrected chi connectivity index (χ4v) is 6.52. The lowest BCUT2D eigenvalue weighted by atomic mass is 10.2. The van der Waals surface area contributed by atoms with Crippen LogP contribution in [0.25, 0.3) is 17.1 Å². The molecule has 0 aliphatic carbocycles. The Morgan fingerprint density at radius 1 is 0.829 bits per heavy atom. The molecule has 3 heterocycles. The number of hydrogen-bond acceptors (Lipinski definition) is 8. The van der Waals surface area contributed by atoms with E-state index in [1.807, 2.05) is 34.9 Å². The van der Waals surface area contributed by atoms with Crippen LogP contribution < -0.4 is 0 Å². The van der Waals surface area contributed by atoms with Crippen LogP contribution in [0.1, 0.15) is 0 Å². The number of nitrogens with zero attached hydrogens (tertiary/aromatic N) is 5. The van der Waals surface area contributed by atoms with E-state index in [4.69, 9.17) is 9.47 Å². The molecule has 1 aromatic heterocycles. The van der Waals surface area contributed by atoms with Crippen LogP contribution in [-0.2, 0) is 19.5 Å². The molecule has 9 nitrogen and oxygen atoms in total. The van der Waals surface area contributed by atoms with Gasteiger partial charge in [0.15, 0.2) is 11.0 Å². The number of aromatic nitrogens is 3. The Kier molecular flexibility index (Phi) is 7.81. The molecule has 2 aromatic carbocycles. The number of sulfonamides is 1. The van der Waals surface area contributed by atoms with Gasteiger partial charge in [0.25, 0.3) is 0 Å². The molecule has 0 saturated carbocycles. The van der Waals surface area contributed by atoms with Crippen molar-refractivity contribution >= 4 is 21.8 Å². The van der Waals surface area contributed by atoms with Gasteiger partial charge in [-0.1, -0.05) is 30.0 Å². The number of thioether (sulfide) groups is 1. The molecule has 186 valence electrons. The summed E-state index contributed by atoms with van der Waals surface area (Å²) in [5.74, 6) is 1.57. The monoisotopic (exact) mass is 515 g/mol. The molecule has 3 aromatic rings. The summed E-state index contributed by atoms with van der Waals surface area (Å²) in [5.41, 5.74) is 1.77. The van der Waals surface area contributed by atoms with E-state index >= 15 is 0 Å². The van der Waals surface area contributed by atoms with Gasteiger partial charge in [0.05, 0.1) is 31.3 Å². The Labute approximate surface area is 210 Å². The highest BCUT2D eigenvalue weighted by molar-refractivity contribution is 7.99. The van der Waals surface area contributed by atoms with E-state index in [1.54, 1.807) is 36.0 Å². The van der Waals surface area contributed by atoms with Crippen molar-refractivity contribution in [1.82, 2.24) is 24.0 Å². The van der Waals surface area contributed by atoms with Crippen LogP contribution in [0, 0.1) is 0 Å². The number of rotatable bonds is 8. The van der Waals surface area contributed by atoms with E-state index in [0.717, 1.165) is 55.0 Å². The predicted octanol–water partition coefficient (Wildman–Crippen LogP) is 2.38. The molecule has 2 aliphatic rings. The molecule has 5 rings (SSSR count). The van der Waals surface area contributed by atoms with Crippen molar-refractivity contribution in [3.63, 3.8) is 0 Å². The lowest BCUT2D eigenvalue weighted by Crippen LogP contribution is -2.40. The Hall–Kier alpha value is -2.28. The fourth-order valence-electron chi connectivity index (χ4n) is 4.16. The summed E-state index contributed by atoms with van der Waals surface area (Å²) >= 11 is 1.67. The summed E-state index contributed by atoms with van der Waals surface area (Å²) in [7, 11) is -3.55. The maximum atomic E-state index is 13.0. The largest absolute Gasteiger partial charge is 0.379 e. The van der Waals surface area contributed by atoms with Crippen LogP contribution in [0.15, 0.2) is 64.6 Å². The second kappa shape index (κ2) is 11.2. The summed E-state index contributed by atoms with van der Waals surface area (Å²) in [6.45, 7) is 6.02. The Bertz CT molecular complexity index is 1210. The van der Waals surface area contributed by atoms with E-state index in [9.17, 15) is 8.42 Å². The average molecular weight is 516 g/mol. The van der Waals surface area contributed by atoms with Crippen molar-refractivity contribution in [3.8, 4) is 17.1 Å². The Morgan fingerprint density at radius 2 is 1.49 bits per heavy atom. The van der Waals surface area contributed by atoms with Crippen LogP contribution >= 0.6 is 11.8 Å². The molecule has 2 fully saturated rings. The van der Waals surface area contributed by atoms with Gasteiger partial charge in [-0.25, -0.2) is 8.42 Å². The van der Waals surface area contributed by atoms with Gasteiger partial charge in [-0.05, 0) is 36.4 Å². The summed E-state index contributed by atoms with van der Waals surface area (Å²) in [4.78, 5) is 2.67. The first kappa shape index (κ1) is 24.4. The quantitative estimate of drug-likeness (QED) is 0.423. The predicted molar refractivity (Wildman–Crippen MR) is 134 cm³/mol. The molecule has 0 N–H and O–H groups in total. The summed E-state index contributed by atoms with van der Waals surface area (Å²) in [5, 5.41) is 9.79. The lowest BCUT2D eigenvalue weighted by molar-refractivity contribution is 0.0410. The zero-order valence-corrected chi connectivity index (χ0v) is 21.1. The molecule has 0 atom stereocenters. The van der Waals surface area contributed by atoms with E-state index < -0.39 is 10.0 Å². The van der Waals surface area contributed by atoms with Crippen molar-refractivity contribution in [2.75, 3.05) is 64.9 Å². The summed E-state index contributed by atoms with van der Waals surface area (Å²) < 4.78 is 40.2. The number of hydrogen-bond donors (Lipinski definition) is 0. The van der Waals surface area contributed by atoms with Crippen molar-refractivity contribution in [1.29, 1.82) is 0 Å². The van der Waals surface area contributed by atoms with Crippen molar-refractivity contribution in [2.24, 2.45) is 0 Å². The molecule has 0 amide bonds. The van der Waals surface area contributed by atoms with Crippen molar-refractivity contribution in [3.05, 3.63) is 54.6 Å². The van der Waals surface area contributed by atoms with Crippen molar-refractivity contribution in [2.45, 2.75) is 10.1 Å². The lowest BCUT2D eigenvalue weighted by Gasteiger charge is -2.26. The smallest absolute Gasteiger partial charge is 0.243 e. The molecule has 11 heteroatoms. The number of morpholine rings is 2. The number of para-hydroxylation sites is 1. The molecule has 0 spiro atoms. The van der Waals surface area contributed by atoms with Gasteiger partial charge in [0.2, 0.25) is 10.0 Å². The molecular weight excluding hydrogens is 486 g/mol. The zero-order chi connectivity index (χ0) is 24.1. The van der Waals surface area contributed by atoms with Gasteiger partial charge < -0.3 is 9.47 Å². The van der Waals surface area contributed by atoms with Gasteiger partial charge in [-0.2, -0.15) is 4.31 Å². The summed E-state index contributed by atoms with van der Waals surface area (Å²) in [6.07, 6.45) is 0. The standard InChI is InChI=1S/C24H29N5O4S2/c30-35(31,28-12-17-33-18-13-28)22-8-6-20(7-9-22)23-25-26-24(29(23)21-4-2-1-3-5-21)34-19-14-27-10-15-32-16-11-27/h1-9H,10-19H2. The molecule has 35 heavy (non-hydrogen) atoms. The van der Waals surface area contributed by atoms with Gasteiger partial charge in [-0.15, -0.1) is 10.2 Å². The van der Waals surface area contributed by atoms with Gasteiger partial charge in [0, 0.05) is 49.7 Å². The first-order valence-electron chi connectivity index (χ1n) is 11.7. The van der Waals surface area contributed by atoms with E-state index in [2.05, 4.69) is 15.1 Å². The van der Waals surface area contributed by atoms with Crippen LogP contribution in [-0.4, -0.2) is 97.3 Å². The third kappa shape index (κ3) is 5.60. The van der Waals surface area contributed by atoms with E-state index in [-0.39, 0.29) is 4.90 Å². The highest BCUT2D eigenvalue weighted by Crippen LogP contribution is 2.29. The van der Waals surface area contributed by atoms with Gasteiger partial charge in [0.1, 0.15) is 0 Å². The van der Waals surface area contributed by atoms with Crippen molar-refractivity contribution < 1.29 is 17.9 Å². The second-order valence-electron chi connectivity index (χ2n) is 8.32. The first-order chi connectivity index (χ1) is 17.1. The first-order valence-corrected chi connectivity index (χ1v) is 14.2. The van der Waals surface area contributed by atoms with Crippen LogP contribution in [0.5, 0.6) is 0 Å². The van der Waals surface area contributed by atoms with Gasteiger partial charge in [-0.3, -0.25) is 9.47 Å². The van der Waals surface area contributed by atoms with Crippen LogP contribution in [0.2, 0.25) is 0 Å². The fraction of sp³-hybridized carbons (Fsp3) is 0.417. The molecule has 2 saturated heterocycles. The maximum absolute atomic E-state index is 13.0. The third-order valence-electron chi connectivity index (χ3n) is 6.11. The van der Waals surface area contributed by atoms with Crippen LogP contribution in [0.4, 0.5) is 0 Å². The maximum Gasteiger partial charge on any atom is 0.243 e. The topological polar surface area (TPSA) is 89.8 Å². The number of ether oxygens (including phenoxy) is 2. The van der Waals surface area contributed by atoms with Gasteiger partial charge >= 0.3 is 0 Å². The molecule has 0 bridgehead atoms. The minimum absolute atomic E-state index is 0.272. The minimum Gasteiger partial charge on any atom is -0.379 e. The Balaban J connectivity index is 1.39. The third-order valence-corrected chi connectivity index (χ3v) is 8.93. The molecule has 0 unspecified atom stereocenters. The Morgan fingerprint density at radius 3 is 2.17 bits per heavy atom. The van der Waals surface area contributed by atoms with E-state index in [1.165, 1.54) is 4.31 Å². The highest BCUT2D eigenvalue weighted by Gasteiger charge is 2.26. The molecule has 0 radical (unpaired) electrons. The zero-order valence-electron chi connectivity index (χ0n) is 19.5. The minimum atomic E-state index is -3.55. The second-order valence-corrected chi connectivity index (χ2v) is 11.3. The molecule has 2 aliphatic heterocycles. The molecular formula is C24H29N5O4S2. The average Bonchev–Trinajstić information content (AvgIpc) is 3.34. The van der Waals surface area contributed by atoms with E-state index in [0.29, 0.717) is 32.1 Å². The highest BCUT2D eigenvalue weighted by atomic mass is 32.2.